The van der Waals surface area contributed by atoms with Gasteiger partial charge in [0.25, 0.3) is 5.56 Å². The molecule has 0 bridgehead atoms. The lowest BCUT2D eigenvalue weighted by Gasteiger charge is -2.20. The number of carbonyl (C=O) groups excluding carboxylic acids is 1. The smallest absolute Gasteiger partial charge is 0.254 e. The Balaban J connectivity index is 1.17. The molecule has 0 aliphatic carbocycles. The Bertz CT molecular complexity index is 1180. The highest BCUT2D eigenvalue weighted by atomic mass is 16.3. The predicted octanol–water partition coefficient (Wildman–Crippen LogP) is 2.77. The lowest BCUT2D eigenvalue weighted by atomic mass is 10.0. The van der Waals surface area contributed by atoms with Gasteiger partial charge in [-0.05, 0) is 48.9 Å². The molecule has 1 aromatic heterocycles. The van der Waals surface area contributed by atoms with E-state index in [1.54, 1.807) is 0 Å². The second kappa shape index (κ2) is 9.29. The number of aliphatic hydroxyl groups is 1. The maximum atomic E-state index is 12.8. The summed E-state index contributed by atoms with van der Waals surface area (Å²) in [6.07, 6.45) is 5.02. The largest absolute Gasteiger partial charge is 0.387 e. The number of hydrogen-bond acceptors (Lipinski definition) is 5. The Morgan fingerprint density at radius 3 is 2.67 bits per heavy atom. The third-order valence-electron chi connectivity index (χ3n) is 6.71. The zero-order valence-electron chi connectivity index (χ0n) is 18.4. The van der Waals surface area contributed by atoms with Gasteiger partial charge in [-0.15, -0.1) is 0 Å². The third-order valence-corrected chi connectivity index (χ3v) is 6.71. The van der Waals surface area contributed by atoms with E-state index in [9.17, 15) is 14.7 Å². The van der Waals surface area contributed by atoms with Crippen LogP contribution in [0.4, 0.5) is 5.69 Å². The quantitative estimate of drug-likeness (QED) is 0.543. The summed E-state index contributed by atoms with van der Waals surface area (Å²) in [6, 6.07) is 18.9. The van der Waals surface area contributed by atoms with Gasteiger partial charge in [0.1, 0.15) is 11.9 Å². The fourth-order valence-electron chi connectivity index (χ4n) is 5.00. The summed E-state index contributed by atoms with van der Waals surface area (Å²) >= 11 is 0. The van der Waals surface area contributed by atoms with Crippen molar-refractivity contribution in [1.82, 2.24) is 14.9 Å². The van der Waals surface area contributed by atoms with E-state index in [4.69, 9.17) is 0 Å². The average molecular weight is 445 g/mol. The Hall–Kier alpha value is -3.29. The van der Waals surface area contributed by atoms with E-state index in [0.717, 1.165) is 24.8 Å². The van der Waals surface area contributed by atoms with Crippen LogP contribution in [0.15, 0.2) is 71.7 Å². The van der Waals surface area contributed by atoms with Crippen LogP contribution in [0.3, 0.4) is 0 Å². The summed E-state index contributed by atoms with van der Waals surface area (Å²) in [6.45, 7) is 0. The number of nitrogens with zero attached hydrogens (tertiary/aromatic N) is 2. The highest BCUT2D eigenvalue weighted by Crippen LogP contribution is 2.27. The summed E-state index contributed by atoms with van der Waals surface area (Å²) in [7, 11) is 0. The minimum atomic E-state index is -0.517. The van der Waals surface area contributed by atoms with Crippen LogP contribution in [0.1, 0.15) is 48.4 Å². The normalized spacial score (nSPS) is 22.6. The molecule has 3 aromatic rings. The van der Waals surface area contributed by atoms with Crippen molar-refractivity contribution in [2.24, 2.45) is 0 Å². The molecule has 33 heavy (non-hydrogen) atoms. The first-order chi connectivity index (χ1) is 16.1. The molecule has 5 rings (SSSR count). The van der Waals surface area contributed by atoms with Gasteiger partial charge < -0.3 is 15.7 Å². The van der Waals surface area contributed by atoms with Gasteiger partial charge in [0, 0.05) is 36.5 Å². The minimum absolute atomic E-state index is 0.0585. The molecule has 1 saturated heterocycles. The van der Waals surface area contributed by atoms with Crippen LogP contribution in [0.2, 0.25) is 0 Å². The number of anilines is 1. The van der Waals surface area contributed by atoms with Gasteiger partial charge in [0.2, 0.25) is 5.91 Å². The van der Waals surface area contributed by atoms with Crippen LogP contribution in [-0.2, 0) is 17.6 Å². The van der Waals surface area contributed by atoms with Crippen molar-refractivity contribution in [2.75, 3.05) is 5.32 Å². The lowest BCUT2D eigenvalue weighted by molar-refractivity contribution is -0.119. The van der Waals surface area contributed by atoms with Crippen molar-refractivity contribution in [1.29, 1.82) is 0 Å². The van der Waals surface area contributed by atoms with Crippen LogP contribution in [-0.4, -0.2) is 32.6 Å². The van der Waals surface area contributed by atoms with Gasteiger partial charge >= 0.3 is 0 Å². The molecule has 0 radical (unpaired) electrons. The van der Waals surface area contributed by atoms with E-state index in [0.29, 0.717) is 30.4 Å². The molecule has 2 aromatic carbocycles. The fraction of sp³-hybridized carbons (Fsp3) is 0.346. The molecule has 0 saturated carbocycles. The minimum Gasteiger partial charge on any atom is -0.387 e. The number of carbonyl (C=O) groups is 1. The Morgan fingerprint density at radius 2 is 1.88 bits per heavy atom. The van der Waals surface area contributed by atoms with Crippen molar-refractivity contribution in [3.05, 3.63) is 94.2 Å². The number of aromatic nitrogens is 2. The Labute approximate surface area is 192 Å². The monoisotopic (exact) mass is 444 g/mol. The predicted molar refractivity (Wildman–Crippen MR) is 126 cm³/mol. The SMILES string of the molecule is O=C(Nc1ccc(C[C@H]2CC[C@H]([C@@H](O)c3ccccc3)N2)cc1)[C@@H]1CCc2nccc(=O)n21. The molecule has 3 heterocycles. The van der Waals surface area contributed by atoms with Crippen molar-refractivity contribution < 1.29 is 9.90 Å². The fourth-order valence-corrected chi connectivity index (χ4v) is 5.00. The highest BCUT2D eigenvalue weighted by molar-refractivity contribution is 5.94. The number of fused-ring (bicyclic) bond motifs is 1. The first-order valence-electron chi connectivity index (χ1n) is 11.5. The molecule has 1 fully saturated rings. The molecule has 2 aliphatic rings. The van der Waals surface area contributed by atoms with E-state index in [1.807, 2.05) is 54.6 Å². The van der Waals surface area contributed by atoms with E-state index in [1.165, 1.54) is 22.4 Å². The first-order valence-corrected chi connectivity index (χ1v) is 11.5. The van der Waals surface area contributed by atoms with Gasteiger partial charge in [0.15, 0.2) is 0 Å². The molecular formula is C26H28N4O3. The molecular weight excluding hydrogens is 416 g/mol. The van der Waals surface area contributed by atoms with Crippen LogP contribution in [0.5, 0.6) is 0 Å². The standard InChI is InChI=1S/C26H28N4O3/c31-24-14-15-27-23-13-12-22(30(23)24)26(33)29-19-8-6-17(7-9-19)16-20-10-11-21(28-20)25(32)18-4-2-1-3-5-18/h1-9,14-15,20-22,25,28,32H,10-13,16H2,(H,29,33)/t20-,21-,22+,25+/m1/s1. The number of rotatable bonds is 6. The summed E-state index contributed by atoms with van der Waals surface area (Å²) in [4.78, 5) is 29.1. The van der Waals surface area contributed by atoms with Gasteiger partial charge in [-0.1, -0.05) is 42.5 Å². The zero-order chi connectivity index (χ0) is 22.8. The van der Waals surface area contributed by atoms with Crippen LogP contribution < -0.4 is 16.2 Å². The van der Waals surface area contributed by atoms with Crippen LogP contribution >= 0.6 is 0 Å². The van der Waals surface area contributed by atoms with E-state index in [2.05, 4.69) is 15.6 Å². The van der Waals surface area contributed by atoms with Gasteiger partial charge in [-0.25, -0.2) is 4.98 Å². The molecule has 0 unspecified atom stereocenters. The van der Waals surface area contributed by atoms with Gasteiger partial charge in [0.05, 0.1) is 6.10 Å². The van der Waals surface area contributed by atoms with Crippen LogP contribution in [0.25, 0.3) is 0 Å². The van der Waals surface area contributed by atoms with Crippen LogP contribution in [0, 0.1) is 0 Å². The summed E-state index contributed by atoms with van der Waals surface area (Å²) < 4.78 is 1.50. The maximum absolute atomic E-state index is 12.8. The molecule has 2 aliphatic heterocycles. The van der Waals surface area contributed by atoms with Crippen molar-refractivity contribution >= 4 is 11.6 Å². The zero-order valence-corrected chi connectivity index (χ0v) is 18.4. The second-order valence-corrected chi connectivity index (χ2v) is 8.92. The molecule has 7 nitrogen and oxygen atoms in total. The van der Waals surface area contributed by atoms with Crippen molar-refractivity contribution in [2.45, 2.75) is 56.3 Å². The maximum Gasteiger partial charge on any atom is 0.254 e. The highest BCUT2D eigenvalue weighted by Gasteiger charge is 2.31. The molecule has 170 valence electrons. The van der Waals surface area contributed by atoms with E-state index >= 15 is 0 Å². The second-order valence-electron chi connectivity index (χ2n) is 8.92. The summed E-state index contributed by atoms with van der Waals surface area (Å²) in [5.41, 5.74) is 2.64. The molecule has 4 atom stereocenters. The molecule has 0 spiro atoms. The molecule has 1 amide bonds. The third kappa shape index (κ3) is 4.60. The number of aryl methyl sites for hydroxylation is 1. The number of benzene rings is 2. The topological polar surface area (TPSA) is 96.2 Å². The Morgan fingerprint density at radius 1 is 1.09 bits per heavy atom. The summed E-state index contributed by atoms with van der Waals surface area (Å²) in [5, 5.41) is 17.2. The van der Waals surface area contributed by atoms with E-state index in [-0.39, 0.29) is 17.5 Å². The lowest BCUT2D eigenvalue weighted by Crippen LogP contribution is -2.35. The van der Waals surface area contributed by atoms with E-state index < -0.39 is 12.1 Å². The number of nitrogens with one attached hydrogen (secondary N) is 2. The number of hydrogen-bond donors (Lipinski definition) is 3. The molecule has 7 heteroatoms. The number of aliphatic hydroxyl groups excluding tert-OH is 1. The number of amides is 1. The average Bonchev–Trinajstić information content (AvgIpc) is 3.49. The Kier molecular flexibility index (Phi) is 6.07. The van der Waals surface area contributed by atoms with Gasteiger partial charge in [-0.2, -0.15) is 0 Å². The van der Waals surface area contributed by atoms with Crippen molar-refractivity contribution in [3.8, 4) is 0 Å². The summed E-state index contributed by atoms with van der Waals surface area (Å²) in [5.74, 6) is 0.476. The first kappa shape index (κ1) is 21.6. The van der Waals surface area contributed by atoms with Crippen molar-refractivity contribution in [3.63, 3.8) is 0 Å². The molecule has 3 N–H and O–H groups in total. The van der Waals surface area contributed by atoms with Gasteiger partial charge in [-0.3, -0.25) is 14.2 Å².